The number of rotatable bonds is 2. The quantitative estimate of drug-likeness (QED) is 0.904. The summed E-state index contributed by atoms with van der Waals surface area (Å²) >= 11 is 1.85. The van der Waals surface area contributed by atoms with E-state index < -0.39 is 0 Å². The second-order valence-corrected chi connectivity index (χ2v) is 6.87. The minimum absolute atomic E-state index is 0.237. The molecule has 3 heterocycles. The van der Waals surface area contributed by atoms with Gasteiger partial charge in [0.05, 0.1) is 11.7 Å². The Morgan fingerprint density at radius 1 is 1.47 bits per heavy atom. The van der Waals surface area contributed by atoms with Crippen molar-refractivity contribution in [3.8, 4) is 0 Å². The third-order valence-electron chi connectivity index (χ3n) is 4.66. The zero-order valence-electron chi connectivity index (χ0n) is 11.6. The Balaban J connectivity index is 1.58. The topological polar surface area (TPSA) is 32.7 Å². The van der Waals surface area contributed by atoms with Gasteiger partial charge >= 0.3 is 0 Å². The van der Waals surface area contributed by atoms with Crippen LogP contribution in [0, 0.1) is 6.92 Å². The highest BCUT2D eigenvalue weighted by atomic mass is 32.1. The minimum atomic E-state index is -0.258. The van der Waals surface area contributed by atoms with Crippen LogP contribution in [0.2, 0.25) is 0 Å². The van der Waals surface area contributed by atoms with E-state index in [2.05, 4.69) is 23.3 Å². The molecule has 4 heteroatoms. The van der Waals surface area contributed by atoms with Gasteiger partial charge in [-0.3, -0.25) is 4.90 Å². The molecule has 0 amide bonds. The highest BCUT2D eigenvalue weighted by Crippen LogP contribution is 2.35. The summed E-state index contributed by atoms with van der Waals surface area (Å²) in [6.45, 7) is 6.13. The van der Waals surface area contributed by atoms with Gasteiger partial charge in [0.25, 0.3) is 0 Å². The Kier molecular flexibility index (Phi) is 3.94. The first-order valence-corrected chi connectivity index (χ1v) is 8.15. The number of nitrogens with zero attached hydrogens (tertiary/aromatic N) is 1. The van der Waals surface area contributed by atoms with Crippen molar-refractivity contribution >= 4 is 11.3 Å². The summed E-state index contributed by atoms with van der Waals surface area (Å²) < 4.78 is 5.95. The lowest BCUT2D eigenvalue weighted by Gasteiger charge is -2.46. The van der Waals surface area contributed by atoms with Gasteiger partial charge in [0.2, 0.25) is 0 Å². The molecule has 1 N–H and O–H groups in total. The SMILES string of the molecule is Cc1ccsc1CN1CCC2(CC1)OCCC[C@@H]2O. The Hall–Kier alpha value is -0.420. The molecule has 1 aromatic heterocycles. The van der Waals surface area contributed by atoms with E-state index in [4.69, 9.17) is 4.74 Å². The van der Waals surface area contributed by atoms with Crippen molar-refractivity contribution < 1.29 is 9.84 Å². The molecule has 2 aliphatic rings. The van der Waals surface area contributed by atoms with Gasteiger partial charge in [-0.05, 0) is 49.6 Å². The molecule has 19 heavy (non-hydrogen) atoms. The summed E-state index contributed by atoms with van der Waals surface area (Å²) in [5.41, 5.74) is 1.17. The normalized spacial score (nSPS) is 27.8. The number of hydrogen-bond donors (Lipinski definition) is 1. The van der Waals surface area contributed by atoms with Crippen LogP contribution >= 0.6 is 11.3 Å². The average molecular weight is 281 g/mol. The van der Waals surface area contributed by atoms with E-state index in [9.17, 15) is 5.11 Å². The summed E-state index contributed by atoms with van der Waals surface area (Å²) in [5, 5.41) is 12.4. The minimum Gasteiger partial charge on any atom is -0.390 e. The molecule has 0 bridgehead atoms. The van der Waals surface area contributed by atoms with Crippen molar-refractivity contribution in [2.24, 2.45) is 0 Å². The van der Waals surface area contributed by atoms with Gasteiger partial charge in [0, 0.05) is 31.1 Å². The van der Waals surface area contributed by atoms with Crippen molar-refractivity contribution in [3.05, 3.63) is 21.9 Å². The Morgan fingerprint density at radius 2 is 2.26 bits per heavy atom. The molecule has 2 aliphatic heterocycles. The maximum Gasteiger partial charge on any atom is 0.0964 e. The number of aliphatic hydroxyl groups is 1. The van der Waals surface area contributed by atoms with Crippen LogP contribution in [-0.4, -0.2) is 41.4 Å². The van der Waals surface area contributed by atoms with E-state index in [1.165, 1.54) is 10.4 Å². The van der Waals surface area contributed by atoms with Gasteiger partial charge in [0.15, 0.2) is 0 Å². The van der Waals surface area contributed by atoms with Gasteiger partial charge in [-0.25, -0.2) is 0 Å². The van der Waals surface area contributed by atoms with Crippen LogP contribution in [0.15, 0.2) is 11.4 Å². The van der Waals surface area contributed by atoms with Crippen molar-refractivity contribution in [1.82, 2.24) is 4.90 Å². The molecule has 0 unspecified atom stereocenters. The van der Waals surface area contributed by atoms with E-state index in [1.807, 2.05) is 11.3 Å². The molecule has 0 aliphatic carbocycles. The zero-order valence-corrected chi connectivity index (χ0v) is 12.4. The molecule has 3 rings (SSSR count). The first-order chi connectivity index (χ1) is 9.20. The number of piperidine rings is 1. The van der Waals surface area contributed by atoms with E-state index in [1.54, 1.807) is 0 Å². The van der Waals surface area contributed by atoms with E-state index in [-0.39, 0.29) is 11.7 Å². The maximum atomic E-state index is 10.2. The first-order valence-electron chi connectivity index (χ1n) is 7.27. The summed E-state index contributed by atoms with van der Waals surface area (Å²) in [6, 6.07) is 2.19. The molecule has 0 aromatic carbocycles. The highest BCUT2D eigenvalue weighted by molar-refractivity contribution is 7.10. The Bertz CT molecular complexity index is 424. The number of hydrogen-bond acceptors (Lipinski definition) is 4. The van der Waals surface area contributed by atoms with Gasteiger partial charge in [-0.15, -0.1) is 11.3 Å². The highest BCUT2D eigenvalue weighted by Gasteiger charge is 2.43. The predicted molar refractivity (Wildman–Crippen MR) is 77.5 cm³/mol. The molecule has 1 spiro atoms. The molecular formula is C15H23NO2S. The molecule has 0 saturated carbocycles. The van der Waals surface area contributed by atoms with Crippen LogP contribution in [0.1, 0.15) is 36.1 Å². The second kappa shape index (κ2) is 5.52. The zero-order chi connectivity index (χ0) is 13.3. The Morgan fingerprint density at radius 3 is 2.89 bits per heavy atom. The molecule has 2 fully saturated rings. The lowest BCUT2D eigenvalue weighted by molar-refractivity contribution is -0.177. The fourth-order valence-electron chi connectivity index (χ4n) is 3.25. The van der Waals surface area contributed by atoms with E-state index >= 15 is 0 Å². The van der Waals surface area contributed by atoms with Crippen LogP contribution in [-0.2, 0) is 11.3 Å². The van der Waals surface area contributed by atoms with Crippen molar-refractivity contribution in [2.45, 2.75) is 50.9 Å². The van der Waals surface area contributed by atoms with Crippen LogP contribution in [0.4, 0.5) is 0 Å². The summed E-state index contributed by atoms with van der Waals surface area (Å²) in [4.78, 5) is 3.97. The number of aryl methyl sites for hydroxylation is 1. The molecule has 1 atom stereocenters. The monoisotopic (exact) mass is 281 g/mol. The second-order valence-electron chi connectivity index (χ2n) is 5.87. The summed E-state index contributed by atoms with van der Waals surface area (Å²) in [5.74, 6) is 0. The van der Waals surface area contributed by atoms with Crippen LogP contribution in [0.25, 0.3) is 0 Å². The largest absolute Gasteiger partial charge is 0.390 e. The lowest BCUT2D eigenvalue weighted by Crippen LogP contribution is -2.55. The molecule has 2 saturated heterocycles. The van der Waals surface area contributed by atoms with Crippen LogP contribution in [0.5, 0.6) is 0 Å². The molecular weight excluding hydrogens is 258 g/mol. The fraction of sp³-hybridized carbons (Fsp3) is 0.733. The number of likely N-dealkylation sites (tertiary alicyclic amines) is 1. The smallest absolute Gasteiger partial charge is 0.0964 e. The maximum absolute atomic E-state index is 10.2. The summed E-state index contributed by atoms with van der Waals surface area (Å²) in [6.07, 6.45) is 3.59. The molecule has 106 valence electrons. The fourth-order valence-corrected chi connectivity index (χ4v) is 4.20. The molecule has 3 nitrogen and oxygen atoms in total. The van der Waals surface area contributed by atoms with Gasteiger partial charge in [0.1, 0.15) is 0 Å². The standard InChI is InChI=1S/C15H23NO2S/c1-12-4-10-19-13(12)11-16-7-5-15(6-8-16)14(17)3-2-9-18-15/h4,10,14,17H,2-3,5-9,11H2,1H3/t14-/m0/s1. The lowest BCUT2D eigenvalue weighted by atomic mass is 9.82. The molecule has 1 aromatic rings. The average Bonchev–Trinajstić information content (AvgIpc) is 2.82. The van der Waals surface area contributed by atoms with Crippen LogP contribution < -0.4 is 0 Å². The summed E-state index contributed by atoms with van der Waals surface area (Å²) in [7, 11) is 0. The Labute approximate surface area is 119 Å². The van der Waals surface area contributed by atoms with Crippen molar-refractivity contribution in [3.63, 3.8) is 0 Å². The number of aliphatic hydroxyl groups excluding tert-OH is 1. The van der Waals surface area contributed by atoms with Gasteiger partial charge in [-0.1, -0.05) is 0 Å². The third-order valence-corrected chi connectivity index (χ3v) is 5.66. The first kappa shape index (κ1) is 13.6. The number of thiophene rings is 1. The van der Waals surface area contributed by atoms with Gasteiger partial charge < -0.3 is 9.84 Å². The van der Waals surface area contributed by atoms with Crippen LogP contribution in [0.3, 0.4) is 0 Å². The molecule has 0 radical (unpaired) electrons. The van der Waals surface area contributed by atoms with E-state index in [0.29, 0.717) is 0 Å². The third kappa shape index (κ3) is 2.72. The number of ether oxygens (including phenoxy) is 1. The van der Waals surface area contributed by atoms with Crippen molar-refractivity contribution in [2.75, 3.05) is 19.7 Å². The van der Waals surface area contributed by atoms with Crippen molar-refractivity contribution in [1.29, 1.82) is 0 Å². The predicted octanol–water partition coefficient (Wildman–Crippen LogP) is 2.56. The van der Waals surface area contributed by atoms with Gasteiger partial charge in [-0.2, -0.15) is 0 Å². The van der Waals surface area contributed by atoms with E-state index in [0.717, 1.165) is 51.9 Å².